The largest absolute Gasteiger partial charge is 0.438 e. The van der Waals surface area contributed by atoms with E-state index in [4.69, 9.17) is 10.00 Å². The Labute approximate surface area is 147 Å². The number of nitriles is 1. The van der Waals surface area contributed by atoms with E-state index in [1.165, 1.54) is 5.56 Å². The number of rotatable bonds is 4. The van der Waals surface area contributed by atoms with Gasteiger partial charge >= 0.3 is 0 Å². The van der Waals surface area contributed by atoms with Crippen LogP contribution in [-0.4, -0.2) is 9.97 Å². The molecule has 1 aromatic heterocycles. The summed E-state index contributed by atoms with van der Waals surface area (Å²) in [7, 11) is 0. The summed E-state index contributed by atoms with van der Waals surface area (Å²) < 4.78 is 5.98. The molecule has 2 aromatic carbocycles. The molecular formula is C20H18N4O. The highest BCUT2D eigenvalue weighted by Gasteiger charge is 2.08. The van der Waals surface area contributed by atoms with Crippen LogP contribution in [0.3, 0.4) is 0 Å². The van der Waals surface area contributed by atoms with Crippen LogP contribution in [0.4, 0.5) is 11.6 Å². The Morgan fingerprint density at radius 2 is 1.68 bits per heavy atom. The maximum atomic E-state index is 8.85. The lowest BCUT2D eigenvalue weighted by Crippen LogP contribution is -1.99. The van der Waals surface area contributed by atoms with E-state index in [9.17, 15) is 0 Å². The van der Waals surface area contributed by atoms with Crippen molar-refractivity contribution in [2.24, 2.45) is 0 Å². The molecule has 0 saturated heterocycles. The van der Waals surface area contributed by atoms with Crippen molar-refractivity contribution >= 4 is 11.6 Å². The van der Waals surface area contributed by atoms with Crippen molar-refractivity contribution in [1.29, 1.82) is 5.26 Å². The number of hydrogen-bond donors (Lipinski definition) is 1. The Morgan fingerprint density at radius 3 is 2.32 bits per heavy atom. The molecule has 0 unspecified atom stereocenters. The lowest BCUT2D eigenvalue weighted by Gasteiger charge is -2.12. The molecule has 124 valence electrons. The van der Waals surface area contributed by atoms with E-state index < -0.39 is 0 Å². The molecule has 1 N–H and O–H groups in total. The summed E-state index contributed by atoms with van der Waals surface area (Å²) in [5, 5.41) is 12.0. The molecule has 0 saturated carbocycles. The number of ether oxygens (including phenoxy) is 1. The number of benzene rings is 2. The zero-order valence-corrected chi connectivity index (χ0v) is 14.4. The molecule has 3 rings (SSSR count). The summed E-state index contributed by atoms with van der Waals surface area (Å²) >= 11 is 0. The summed E-state index contributed by atoms with van der Waals surface area (Å²) in [5.41, 5.74) is 4.75. The first-order chi connectivity index (χ1) is 12.0. The van der Waals surface area contributed by atoms with Crippen LogP contribution >= 0.6 is 0 Å². The molecule has 0 amide bonds. The fourth-order valence-electron chi connectivity index (χ4n) is 2.65. The van der Waals surface area contributed by atoms with Crippen molar-refractivity contribution in [3.63, 3.8) is 0 Å². The molecule has 0 radical (unpaired) electrons. The Bertz CT molecular complexity index is 920. The van der Waals surface area contributed by atoms with Crippen LogP contribution in [0, 0.1) is 32.1 Å². The first-order valence-corrected chi connectivity index (χ1v) is 7.91. The molecule has 0 bridgehead atoms. The van der Waals surface area contributed by atoms with Crippen LogP contribution in [0.25, 0.3) is 0 Å². The first kappa shape index (κ1) is 16.5. The molecule has 0 aliphatic rings. The van der Waals surface area contributed by atoms with Gasteiger partial charge < -0.3 is 10.1 Å². The minimum Gasteiger partial charge on any atom is -0.438 e. The quantitative estimate of drug-likeness (QED) is 0.743. The number of aromatic nitrogens is 2. The number of nitrogens with one attached hydrogen (secondary N) is 1. The van der Waals surface area contributed by atoms with Gasteiger partial charge in [-0.3, -0.25) is 0 Å². The maximum absolute atomic E-state index is 8.85. The third-order valence-corrected chi connectivity index (χ3v) is 3.71. The van der Waals surface area contributed by atoms with Crippen molar-refractivity contribution in [3.8, 4) is 17.7 Å². The van der Waals surface area contributed by atoms with Gasteiger partial charge in [0.25, 0.3) is 0 Å². The highest BCUT2D eigenvalue weighted by Crippen LogP contribution is 2.29. The van der Waals surface area contributed by atoms with E-state index in [0.29, 0.717) is 17.4 Å². The Morgan fingerprint density at radius 1 is 1.00 bits per heavy atom. The summed E-state index contributed by atoms with van der Waals surface area (Å²) in [6.07, 6.45) is 1.65. The highest BCUT2D eigenvalue weighted by atomic mass is 16.5. The predicted octanol–water partition coefficient (Wildman–Crippen LogP) is 4.81. The van der Waals surface area contributed by atoms with Gasteiger partial charge in [-0.1, -0.05) is 17.7 Å². The average Bonchev–Trinajstić information content (AvgIpc) is 2.59. The van der Waals surface area contributed by atoms with Crippen LogP contribution < -0.4 is 10.1 Å². The zero-order valence-electron chi connectivity index (χ0n) is 14.4. The van der Waals surface area contributed by atoms with E-state index in [0.717, 1.165) is 22.6 Å². The molecular weight excluding hydrogens is 312 g/mol. The minimum absolute atomic E-state index is 0.435. The van der Waals surface area contributed by atoms with Crippen molar-refractivity contribution in [2.45, 2.75) is 20.8 Å². The van der Waals surface area contributed by atoms with Crippen molar-refractivity contribution in [1.82, 2.24) is 9.97 Å². The van der Waals surface area contributed by atoms with Crippen molar-refractivity contribution < 1.29 is 4.74 Å². The monoisotopic (exact) mass is 330 g/mol. The van der Waals surface area contributed by atoms with E-state index >= 15 is 0 Å². The normalized spacial score (nSPS) is 10.2. The Balaban J connectivity index is 1.81. The van der Waals surface area contributed by atoms with E-state index in [1.54, 1.807) is 24.4 Å². The predicted molar refractivity (Wildman–Crippen MR) is 97.2 cm³/mol. The van der Waals surface area contributed by atoms with Gasteiger partial charge in [-0.25, -0.2) is 4.98 Å². The molecule has 0 aliphatic heterocycles. The van der Waals surface area contributed by atoms with Crippen LogP contribution in [0.15, 0.2) is 48.7 Å². The average molecular weight is 330 g/mol. The van der Waals surface area contributed by atoms with Gasteiger partial charge in [-0.05, 0) is 56.2 Å². The summed E-state index contributed by atoms with van der Waals surface area (Å²) in [5.74, 6) is 1.72. The summed E-state index contributed by atoms with van der Waals surface area (Å²) in [6, 6.07) is 15.1. The topological polar surface area (TPSA) is 70.8 Å². The van der Waals surface area contributed by atoms with E-state index in [2.05, 4.69) is 40.4 Å². The zero-order chi connectivity index (χ0) is 17.8. The van der Waals surface area contributed by atoms with Gasteiger partial charge in [0.15, 0.2) is 0 Å². The van der Waals surface area contributed by atoms with Crippen LogP contribution in [0.2, 0.25) is 0 Å². The van der Waals surface area contributed by atoms with Gasteiger partial charge in [0.2, 0.25) is 11.8 Å². The molecule has 3 aromatic rings. The molecule has 0 atom stereocenters. The summed E-state index contributed by atoms with van der Waals surface area (Å²) in [6.45, 7) is 6.10. The first-order valence-electron chi connectivity index (χ1n) is 7.91. The highest BCUT2D eigenvalue weighted by molar-refractivity contribution is 5.55. The van der Waals surface area contributed by atoms with Crippen LogP contribution in [0.1, 0.15) is 22.3 Å². The molecule has 0 spiro atoms. The van der Waals surface area contributed by atoms with Gasteiger partial charge in [-0.2, -0.15) is 10.2 Å². The molecule has 0 fully saturated rings. The van der Waals surface area contributed by atoms with Crippen LogP contribution in [-0.2, 0) is 0 Å². The lowest BCUT2D eigenvalue weighted by molar-refractivity contribution is 0.455. The van der Waals surface area contributed by atoms with Gasteiger partial charge in [0.05, 0.1) is 11.6 Å². The molecule has 5 heteroatoms. The van der Waals surface area contributed by atoms with Crippen molar-refractivity contribution in [2.75, 3.05) is 5.32 Å². The standard InChI is InChI=1S/C20H18N4O/c1-13-10-14(2)19(15(3)11-13)25-18-8-9-22-20(24-18)23-17-6-4-16(12-21)5-7-17/h4-11H,1-3H3,(H,22,23,24). The molecule has 25 heavy (non-hydrogen) atoms. The van der Waals surface area contributed by atoms with Gasteiger partial charge in [0, 0.05) is 18.0 Å². The van der Waals surface area contributed by atoms with Gasteiger partial charge in [-0.15, -0.1) is 0 Å². The third-order valence-electron chi connectivity index (χ3n) is 3.71. The van der Waals surface area contributed by atoms with Crippen molar-refractivity contribution in [3.05, 3.63) is 70.9 Å². The number of nitrogens with zero attached hydrogens (tertiary/aromatic N) is 3. The molecule has 5 nitrogen and oxygen atoms in total. The molecule has 0 aliphatic carbocycles. The number of aryl methyl sites for hydroxylation is 3. The summed E-state index contributed by atoms with van der Waals surface area (Å²) in [4.78, 5) is 8.61. The third kappa shape index (κ3) is 3.93. The SMILES string of the molecule is Cc1cc(C)c(Oc2ccnc(Nc3ccc(C#N)cc3)n2)c(C)c1. The van der Waals surface area contributed by atoms with Gasteiger partial charge in [0.1, 0.15) is 5.75 Å². The number of hydrogen-bond acceptors (Lipinski definition) is 5. The number of anilines is 2. The van der Waals surface area contributed by atoms with Crippen LogP contribution in [0.5, 0.6) is 11.6 Å². The lowest BCUT2D eigenvalue weighted by atomic mass is 10.1. The smallest absolute Gasteiger partial charge is 0.230 e. The fraction of sp³-hybridized carbons (Fsp3) is 0.150. The van der Waals surface area contributed by atoms with E-state index in [1.807, 2.05) is 26.0 Å². The van der Waals surface area contributed by atoms with E-state index in [-0.39, 0.29) is 0 Å². The Kier molecular flexibility index (Phi) is 4.62. The fourth-order valence-corrected chi connectivity index (χ4v) is 2.65. The maximum Gasteiger partial charge on any atom is 0.230 e. The Hall–Kier alpha value is -3.39. The second-order valence-electron chi connectivity index (χ2n) is 5.86. The molecule has 1 heterocycles. The second-order valence-corrected chi connectivity index (χ2v) is 5.86. The minimum atomic E-state index is 0.435. The second kappa shape index (κ2) is 7.02.